The van der Waals surface area contributed by atoms with E-state index in [1.807, 2.05) is 26.0 Å². The fraction of sp³-hybridized carbons (Fsp3) is 0.532. The Morgan fingerprint density at radius 3 is 2.14 bits per heavy atom. The van der Waals surface area contributed by atoms with E-state index in [2.05, 4.69) is 10.6 Å². The molecule has 0 radical (unpaired) electrons. The van der Waals surface area contributed by atoms with Gasteiger partial charge < -0.3 is 58.7 Å². The van der Waals surface area contributed by atoms with Gasteiger partial charge >= 0.3 is 11.9 Å². The van der Waals surface area contributed by atoms with Crippen molar-refractivity contribution in [1.29, 1.82) is 0 Å². The number of hydrogen-bond donors (Lipinski definition) is 2. The van der Waals surface area contributed by atoms with Gasteiger partial charge in [-0.3, -0.25) is 33.6 Å². The molecule has 2 bridgehead atoms. The largest absolute Gasteiger partial charge is 0.493 e. The Hall–Kier alpha value is -7.81. The molecule has 2 aliphatic heterocycles. The van der Waals surface area contributed by atoms with Crippen LogP contribution in [0, 0.1) is 11.3 Å². The number of rotatable bonds is 10. The van der Waals surface area contributed by atoms with Crippen LogP contribution in [0.15, 0.2) is 84.9 Å². The van der Waals surface area contributed by atoms with Gasteiger partial charge in [0.25, 0.3) is 11.8 Å². The first kappa shape index (κ1) is 66.0. The highest BCUT2D eigenvalue weighted by molar-refractivity contribution is 6.38. The third-order valence-electron chi connectivity index (χ3n) is 14.3. The second kappa shape index (κ2) is 30.5. The first-order chi connectivity index (χ1) is 39.2. The summed E-state index contributed by atoms with van der Waals surface area (Å²) in [6, 6.07) is 15.7. The normalized spacial score (nSPS) is 22.6. The number of piperidine rings is 1. The number of benzene rings is 3. The lowest BCUT2D eigenvalue weighted by Gasteiger charge is -2.36. The molecule has 21 heteroatoms. The molecule has 0 aromatic heterocycles. The van der Waals surface area contributed by atoms with Gasteiger partial charge in [0.1, 0.15) is 42.6 Å². The standard InChI is InChI=1S/C62H84N6O15/c1-40(2)33-45-57(74)65(8)31-18-17-26-53(71)81-39-62(6,7)55(72)59(76)68-32-19-16-25-46(68)60(77)83-48(29-27-41-28-30-49(78-11)50(34-41)79-12)43-23-20-24-44(35-43)80-38-52(70)66(9)36-51(69)64-54(42-21-14-13-15-22-42)58(75)67(10)47(56(73)63-45)37-82-61(3,4)5/h13-15,17,20-24,26,28,30,34-35,40,45-48,54H,16,18-19,25,27,29,31-33,36-39H2,1-12H3,(H,63,73)(H,64,69)/b26-17-/t45-,46-,47-,48+,54?/m0/s1. The van der Waals surface area contributed by atoms with Crippen molar-refractivity contribution >= 4 is 53.2 Å². The molecule has 2 heterocycles. The van der Waals surface area contributed by atoms with Crippen molar-refractivity contribution in [2.24, 2.45) is 11.3 Å². The summed E-state index contributed by atoms with van der Waals surface area (Å²) in [5.74, 6) is -5.23. The first-order valence-electron chi connectivity index (χ1n) is 28.1. The predicted molar refractivity (Wildman–Crippen MR) is 308 cm³/mol. The van der Waals surface area contributed by atoms with Crippen LogP contribution in [0.1, 0.15) is 116 Å². The van der Waals surface area contributed by atoms with Crippen LogP contribution in [0.4, 0.5) is 0 Å². The van der Waals surface area contributed by atoms with Crippen molar-refractivity contribution in [2.75, 3.05) is 74.8 Å². The number of carbonyl (C=O) groups is 9. The monoisotopic (exact) mass is 1150 g/mol. The second-order valence-corrected chi connectivity index (χ2v) is 23.0. The van der Waals surface area contributed by atoms with E-state index >= 15 is 0 Å². The van der Waals surface area contributed by atoms with Crippen LogP contribution < -0.4 is 24.8 Å². The van der Waals surface area contributed by atoms with Gasteiger partial charge in [0, 0.05) is 40.3 Å². The number of esters is 2. The summed E-state index contributed by atoms with van der Waals surface area (Å²) in [5, 5.41) is 5.64. The number of aryl methyl sites for hydroxylation is 1. The molecule has 21 nitrogen and oxygen atoms in total. The molecule has 83 heavy (non-hydrogen) atoms. The van der Waals surface area contributed by atoms with Gasteiger partial charge in [-0.05, 0) is 126 Å². The summed E-state index contributed by atoms with van der Waals surface area (Å²) >= 11 is 0. The lowest BCUT2D eigenvalue weighted by Crippen LogP contribution is -2.58. The van der Waals surface area contributed by atoms with E-state index in [-0.39, 0.29) is 57.0 Å². The summed E-state index contributed by atoms with van der Waals surface area (Å²) in [6.45, 7) is 10.6. The van der Waals surface area contributed by atoms with Crippen LogP contribution in [0.3, 0.4) is 0 Å². The first-order valence-corrected chi connectivity index (χ1v) is 28.1. The molecule has 0 saturated carbocycles. The average molecular weight is 1150 g/mol. The summed E-state index contributed by atoms with van der Waals surface area (Å²) in [4.78, 5) is 132. The molecule has 3 aromatic rings. The van der Waals surface area contributed by atoms with Gasteiger partial charge in [0.15, 0.2) is 18.1 Å². The minimum Gasteiger partial charge on any atom is -0.493 e. The maximum atomic E-state index is 14.7. The molecule has 6 amide bonds. The van der Waals surface area contributed by atoms with E-state index < -0.39 is 114 Å². The number of cyclic esters (lactones) is 2. The van der Waals surface area contributed by atoms with Crippen LogP contribution in [-0.4, -0.2) is 171 Å². The maximum Gasteiger partial charge on any atom is 0.330 e. The average Bonchev–Trinajstić information content (AvgIpc) is 3.65. The number of carbonyl (C=O) groups excluding carboxylic acids is 9. The molecule has 3 aromatic carbocycles. The Bertz CT molecular complexity index is 2790. The van der Waals surface area contributed by atoms with Crippen LogP contribution in [0.5, 0.6) is 17.2 Å². The molecule has 2 aliphatic rings. The Labute approximate surface area is 487 Å². The Morgan fingerprint density at radius 1 is 0.771 bits per heavy atom. The van der Waals surface area contributed by atoms with Crippen molar-refractivity contribution in [2.45, 2.75) is 129 Å². The Kier molecular flexibility index (Phi) is 24.2. The summed E-state index contributed by atoms with van der Waals surface area (Å²) < 4.78 is 34.8. The summed E-state index contributed by atoms with van der Waals surface area (Å²) in [5.41, 5.74) is -0.533. The third kappa shape index (κ3) is 19.4. The molecular formula is C62H84N6O15. The van der Waals surface area contributed by atoms with Gasteiger partial charge in [-0.15, -0.1) is 0 Å². The lowest BCUT2D eigenvalue weighted by atomic mass is 9.87. The zero-order valence-corrected chi connectivity index (χ0v) is 50.2. The quantitative estimate of drug-likeness (QED) is 0.182. The predicted octanol–water partition coefficient (Wildman–Crippen LogP) is 5.73. The molecule has 5 atom stereocenters. The van der Waals surface area contributed by atoms with Gasteiger partial charge in [-0.1, -0.05) is 68.5 Å². The number of hydrogen-bond acceptors (Lipinski definition) is 15. The zero-order valence-electron chi connectivity index (χ0n) is 50.2. The Balaban J connectivity index is 1.49. The van der Waals surface area contributed by atoms with E-state index in [1.54, 1.807) is 88.5 Å². The number of fused-ring (bicyclic) bond motifs is 3. The highest BCUT2D eigenvalue weighted by Crippen LogP contribution is 2.33. The summed E-state index contributed by atoms with van der Waals surface area (Å²) in [7, 11) is 7.42. The number of nitrogens with one attached hydrogen (secondary N) is 2. The maximum absolute atomic E-state index is 14.7. The fourth-order valence-corrected chi connectivity index (χ4v) is 9.39. The molecular weight excluding hydrogens is 1070 g/mol. The van der Waals surface area contributed by atoms with E-state index in [0.717, 1.165) is 16.5 Å². The van der Waals surface area contributed by atoms with Crippen molar-refractivity contribution < 1.29 is 71.6 Å². The third-order valence-corrected chi connectivity index (χ3v) is 14.3. The summed E-state index contributed by atoms with van der Waals surface area (Å²) in [6.07, 6.45) is 4.10. The number of likely N-dealkylation sites (N-methyl/N-ethyl adjacent to an activating group) is 3. The number of amides is 6. The zero-order chi connectivity index (χ0) is 61.2. The van der Waals surface area contributed by atoms with E-state index in [1.165, 1.54) is 62.9 Å². The van der Waals surface area contributed by atoms with E-state index in [4.69, 9.17) is 28.4 Å². The fourth-order valence-electron chi connectivity index (χ4n) is 9.39. The molecule has 452 valence electrons. The number of nitrogens with zero attached hydrogens (tertiary/aromatic N) is 4. The highest BCUT2D eigenvalue weighted by Gasteiger charge is 2.43. The van der Waals surface area contributed by atoms with Crippen molar-refractivity contribution in [1.82, 2.24) is 30.2 Å². The van der Waals surface area contributed by atoms with Gasteiger partial charge in [-0.25, -0.2) is 9.59 Å². The number of ether oxygens (including phenoxy) is 6. The second-order valence-electron chi connectivity index (χ2n) is 23.0. The number of methoxy groups -OCH3 is 2. The minimum absolute atomic E-state index is 0.0629. The smallest absolute Gasteiger partial charge is 0.330 e. The van der Waals surface area contributed by atoms with Gasteiger partial charge in [0.2, 0.25) is 29.4 Å². The molecule has 5 rings (SSSR count). The van der Waals surface area contributed by atoms with Crippen LogP contribution in [-0.2, 0) is 63.8 Å². The molecule has 1 unspecified atom stereocenters. The minimum atomic E-state index is -1.50. The molecule has 0 spiro atoms. The SMILES string of the molecule is COc1ccc(CC[C@H]2OC(=O)[C@@H]3CCCCN3C(=O)C(=O)C(C)(C)COC(=O)/C=C\CCN(C)C(=O)[C@H](CC(C)C)NC(=O)[C@H](COC(C)(C)C)N(C)C(=O)C(c3ccccc3)NC(=O)CN(C)C(=O)COc3cccc2c3)cc1OC. The van der Waals surface area contributed by atoms with Crippen LogP contribution >= 0.6 is 0 Å². The van der Waals surface area contributed by atoms with Crippen molar-refractivity contribution in [3.05, 3.63) is 102 Å². The Morgan fingerprint density at radius 2 is 1.47 bits per heavy atom. The van der Waals surface area contributed by atoms with Crippen LogP contribution in [0.2, 0.25) is 0 Å². The van der Waals surface area contributed by atoms with E-state index in [9.17, 15) is 43.2 Å². The molecule has 0 aliphatic carbocycles. The van der Waals surface area contributed by atoms with Gasteiger partial charge in [-0.2, -0.15) is 0 Å². The topological polar surface area (TPSA) is 246 Å². The molecule has 1 saturated heterocycles. The molecule has 1 fully saturated rings. The number of Topliss-reactive ketones (excluding diaryl/α,β-unsaturated/α-hetero) is 1. The van der Waals surface area contributed by atoms with Crippen molar-refractivity contribution in [3.8, 4) is 17.2 Å². The molecule has 2 N–H and O–H groups in total. The van der Waals surface area contributed by atoms with E-state index in [0.29, 0.717) is 41.9 Å². The number of ketones is 1. The van der Waals surface area contributed by atoms with Crippen LogP contribution in [0.25, 0.3) is 0 Å². The van der Waals surface area contributed by atoms with Gasteiger partial charge in [0.05, 0.1) is 38.4 Å². The highest BCUT2D eigenvalue weighted by atomic mass is 16.5. The lowest BCUT2D eigenvalue weighted by molar-refractivity contribution is -0.165. The van der Waals surface area contributed by atoms with Crippen molar-refractivity contribution in [3.63, 3.8) is 0 Å².